The average molecular weight is 193 g/mol. The highest BCUT2D eigenvalue weighted by molar-refractivity contribution is 5.20. The fraction of sp³-hybridized carbons (Fsp3) is 0.727. The number of ether oxygens (including phenoxy) is 2. The highest BCUT2D eigenvalue weighted by Gasteiger charge is 2.40. The maximum atomic E-state index is 8.73. The molecule has 3 heteroatoms. The third kappa shape index (κ3) is 1.68. The molecule has 1 aliphatic carbocycles. The van der Waals surface area contributed by atoms with Crippen LogP contribution in [0.2, 0.25) is 0 Å². The minimum atomic E-state index is -0.313. The topological polar surface area (TPSA) is 42.2 Å². The maximum Gasteiger partial charge on any atom is 0.168 e. The normalized spacial score (nSPS) is 26.2. The Labute approximate surface area is 84.3 Å². The Kier molecular flexibility index (Phi) is 2.58. The molecule has 0 aromatic rings. The molecule has 2 rings (SSSR count). The number of nitrogens with zero attached hydrogens (tertiary/aromatic N) is 1. The van der Waals surface area contributed by atoms with Gasteiger partial charge in [-0.15, -0.1) is 0 Å². The molecule has 0 atom stereocenters. The van der Waals surface area contributed by atoms with Crippen molar-refractivity contribution in [3.05, 3.63) is 12.2 Å². The molecule has 0 amide bonds. The molecule has 0 radical (unpaired) electrons. The van der Waals surface area contributed by atoms with Gasteiger partial charge in [-0.2, -0.15) is 5.26 Å². The fourth-order valence-electron chi connectivity index (χ4n) is 2.28. The van der Waals surface area contributed by atoms with E-state index in [9.17, 15) is 0 Å². The zero-order valence-electron chi connectivity index (χ0n) is 8.29. The summed E-state index contributed by atoms with van der Waals surface area (Å²) in [4.78, 5) is 0. The molecule has 14 heavy (non-hydrogen) atoms. The first-order valence-corrected chi connectivity index (χ1v) is 5.13. The molecule has 0 bridgehead atoms. The van der Waals surface area contributed by atoms with Crippen molar-refractivity contribution in [3.63, 3.8) is 0 Å². The predicted molar refractivity (Wildman–Crippen MR) is 51.3 cm³/mol. The summed E-state index contributed by atoms with van der Waals surface area (Å²) in [6, 6.07) is 2.14. The van der Waals surface area contributed by atoms with Crippen LogP contribution in [0.15, 0.2) is 12.2 Å². The van der Waals surface area contributed by atoms with Gasteiger partial charge in [-0.25, -0.2) is 0 Å². The molecule has 1 spiro atoms. The largest absolute Gasteiger partial charge is 0.348 e. The van der Waals surface area contributed by atoms with Crippen LogP contribution in [0.4, 0.5) is 0 Å². The van der Waals surface area contributed by atoms with E-state index in [4.69, 9.17) is 14.7 Å². The van der Waals surface area contributed by atoms with Crippen LogP contribution in [-0.4, -0.2) is 19.0 Å². The molecule has 0 unspecified atom stereocenters. The Balaban J connectivity index is 1.92. The zero-order chi connectivity index (χ0) is 10.0. The second-order valence-corrected chi connectivity index (χ2v) is 4.02. The number of hydrogen-bond acceptors (Lipinski definition) is 3. The molecular weight excluding hydrogens is 178 g/mol. The minimum absolute atomic E-state index is 0.313. The number of hydrogen-bond donors (Lipinski definition) is 0. The van der Waals surface area contributed by atoms with E-state index >= 15 is 0 Å². The first kappa shape index (κ1) is 9.70. The quantitative estimate of drug-likeness (QED) is 0.598. The summed E-state index contributed by atoms with van der Waals surface area (Å²) in [7, 11) is 0. The first-order valence-electron chi connectivity index (χ1n) is 5.13. The second kappa shape index (κ2) is 3.72. The summed E-state index contributed by atoms with van der Waals surface area (Å²) in [6.07, 6.45) is 3.73. The Morgan fingerprint density at radius 2 is 1.86 bits per heavy atom. The third-order valence-corrected chi connectivity index (χ3v) is 3.20. The summed E-state index contributed by atoms with van der Waals surface area (Å²) in [5.74, 6) is 0.0325. The van der Waals surface area contributed by atoms with Gasteiger partial charge in [-0.1, -0.05) is 6.58 Å². The Morgan fingerprint density at radius 3 is 2.36 bits per heavy atom. The molecular formula is C11H15NO2. The monoisotopic (exact) mass is 193 g/mol. The van der Waals surface area contributed by atoms with Crippen molar-refractivity contribution < 1.29 is 9.47 Å². The average Bonchev–Trinajstić information content (AvgIpc) is 2.67. The first-order chi connectivity index (χ1) is 6.76. The fourth-order valence-corrected chi connectivity index (χ4v) is 2.28. The van der Waals surface area contributed by atoms with Gasteiger partial charge in [-0.3, -0.25) is 0 Å². The molecule has 1 saturated heterocycles. The van der Waals surface area contributed by atoms with Crippen molar-refractivity contribution in [2.45, 2.75) is 31.5 Å². The van der Waals surface area contributed by atoms with Gasteiger partial charge >= 0.3 is 0 Å². The summed E-state index contributed by atoms with van der Waals surface area (Å²) < 4.78 is 11.2. The summed E-state index contributed by atoms with van der Waals surface area (Å²) in [5.41, 5.74) is 0.706. The second-order valence-electron chi connectivity index (χ2n) is 4.02. The van der Waals surface area contributed by atoms with E-state index in [-0.39, 0.29) is 5.79 Å². The van der Waals surface area contributed by atoms with Crippen molar-refractivity contribution in [1.82, 2.24) is 0 Å². The Hall–Kier alpha value is -0.850. The molecule has 2 fully saturated rings. The van der Waals surface area contributed by atoms with Gasteiger partial charge in [-0.05, 0) is 18.8 Å². The predicted octanol–water partition coefficient (Wildman–Crippen LogP) is 2.00. The van der Waals surface area contributed by atoms with E-state index in [1.54, 1.807) is 0 Å². The van der Waals surface area contributed by atoms with E-state index < -0.39 is 0 Å². The Bertz CT molecular complexity index is 264. The van der Waals surface area contributed by atoms with Crippen molar-refractivity contribution in [3.8, 4) is 6.07 Å². The van der Waals surface area contributed by atoms with Crippen LogP contribution in [-0.2, 0) is 9.47 Å². The maximum absolute atomic E-state index is 8.73. The molecule has 1 saturated carbocycles. The summed E-state index contributed by atoms with van der Waals surface area (Å²) in [5, 5.41) is 8.73. The van der Waals surface area contributed by atoms with Gasteiger partial charge in [0.15, 0.2) is 5.79 Å². The van der Waals surface area contributed by atoms with E-state index in [2.05, 4.69) is 12.6 Å². The van der Waals surface area contributed by atoms with Crippen LogP contribution in [0.5, 0.6) is 0 Å². The van der Waals surface area contributed by atoms with Gasteiger partial charge in [0.05, 0.1) is 19.3 Å². The van der Waals surface area contributed by atoms with Crippen LogP contribution < -0.4 is 0 Å². The van der Waals surface area contributed by atoms with Gasteiger partial charge in [0, 0.05) is 18.4 Å². The molecule has 0 aromatic carbocycles. The van der Waals surface area contributed by atoms with Crippen LogP contribution in [0, 0.1) is 17.2 Å². The van der Waals surface area contributed by atoms with Crippen molar-refractivity contribution in [2.75, 3.05) is 13.2 Å². The van der Waals surface area contributed by atoms with Crippen molar-refractivity contribution in [1.29, 1.82) is 5.26 Å². The van der Waals surface area contributed by atoms with Crippen molar-refractivity contribution >= 4 is 0 Å². The lowest BCUT2D eigenvalue weighted by Crippen LogP contribution is -2.35. The third-order valence-electron chi connectivity index (χ3n) is 3.20. The van der Waals surface area contributed by atoms with E-state index in [1.807, 2.05) is 0 Å². The molecule has 2 aliphatic rings. The molecule has 76 valence electrons. The summed E-state index contributed by atoms with van der Waals surface area (Å²) in [6.45, 7) is 5.19. The molecule has 1 heterocycles. The van der Waals surface area contributed by atoms with E-state index in [0.717, 1.165) is 25.7 Å². The standard InChI is InChI=1S/C11H15NO2/c1-9(8-12)10-2-4-11(5-3-10)13-6-7-14-11/h10H,1-7H2. The van der Waals surface area contributed by atoms with Crippen LogP contribution in [0.25, 0.3) is 0 Å². The zero-order valence-corrected chi connectivity index (χ0v) is 8.29. The number of allylic oxidation sites excluding steroid dienone is 1. The van der Waals surface area contributed by atoms with Gasteiger partial charge in [0.1, 0.15) is 0 Å². The Morgan fingerprint density at radius 1 is 1.29 bits per heavy atom. The lowest BCUT2D eigenvalue weighted by molar-refractivity contribution is -0.180. The van der Waals surface area contributed by atoms with Crippen molar-refractivity contribution in [2.24, 2.45) is 5.92 Å². The van der Waals surface area contributed by atoms with Crippen LogP contribution >= 0.6 is 0 Å². The van der Waals surface area contributed by atoms with E-state index in [1.165, 1.54) is 0 Å². The number of nitriles is 1. The SMILES string of the molecule is C=C(C#N)C1CCC2(CC1)OCCO2. The van der Waals surface area contributed by atoms with Gasteiger partial charge in [0.25, 0.3) is 0 Å². The van der Waals surface area contributed by atoms with Gasteiger partial charge in [0.2, 0.25) is 0 Å². The molecule has 1 aliphatic heterocycles. The highest BCUT2D eigenvalue weighted by Crippen LogP contribution is 2.40. The number of rotatable bonds is 1. The lowest BCUT2D eigenvalue weighted by atomic mass is 9.81. The molecule has 0 aromatic heterocycles. The summed E-state index contributed by atoms with van der Waals surface area (Å²) >= 11 is 0. The molecule has 3 nitrogen and oxygen atoms in total. The highest BCUT2D eigenvalue weighted by atomic mass is 16.7. The molecule has 0 N–H and O–H groups in total. The van der Waals surface area contributed by atoms with E-state index in [0.29, 0.717) is 24.7 Å². The van der Waals surface area contributed by atoms with Crippen LogP contribution in [0.3, 0.4) is 0 Å². The lowest BCUT2D eigenvalue weighted by Gasteiger charge is -2.34. The smallest absolute Gasteiger partial charge is 0.168 e. The minimum Gasteiger partial charge on any atom is -0.348 e. The van der Waals surface area contributed by atoms with Crippen LogP contribution in [0.1, 0.15) is 25.7 Å². The van der Waals surface area contributed by atoms with Gasteiger partial charge < -0.3 is 9.47 Å².